The maximum atomic E-state index is 13.4. The highest BCUT2D eigenvalue weighted by Gasteiger charge is 2.28. The SMILES string of the molecule is CCOP(=O)(OCC)c1ccc2[nH]c(O)c(C(=Nc3ccc(C(=O)O)cc3)c3ccccc3)c2c1. The zero-order chi connectivity index (χ0) is 25.0. The standard InChI is InChI=1S/C26H25N2O6P/c1-3-33-35(32,34-4-2)20-14-15-22-21(16-20)23(25(29)28-22)24(17-8-6-5-7-9-17)27-19-12-10-18(11-13-19)26(30)31/h5-16,28-29H,3-4H2,1-2H3,(H,30,31). The lowest BCUT2D eigenvalue weighted by atomic mass is 10.0. The number of aromatic hydroxyl groups is 1. The second-order valence-corrected chi connectivity index (χ2v) is 9.62. The van der Waals surface area contributed by atoms with E-state index in [-0.39, 0.29) is 24.7 Å². The molecule has 4 aromatic rings. The zero-order valence-corrected chi connectivity index (χ0v) is 20.2. The van der Waals surface area contributed by atoms with Crippen molar-refractivity contribution in [1.29, 1.82) is 0 Å². The molecule has 0 aliphatic heterocycles. The molecule has 4 rings (SSSR count). The van der Waals surface area contributed by atoms with Gasteiger partial charge in [0.25, 0.3) is 0 Å². The number of rotatable bonds is 9. The van der Waals surface area contributed by atoms with E-state index >= 15 is 0 Å². The Bertz CT molecular complexity index is 1420. The first-order chi connectivity index (χ1) is 16.9. The number of H-pyrrole nitrogens is 1. The van der Waals surface area contributed by atoms with Crippen molar-refractivity contribution < 1.29 is 28.6 Å². The van der Waals surface area contributed by atoms with Gasteiger partial charge in [0.2, 0.25) is 0 Å². The third-order valence-electron chi connectivity index (χ3n) is 5.32. The maximum Gasteiger partial charge on any atom is 0.361 e. The Kier molecular flexibility index (Phi) is 7.17. The van der Waals surface area contributed by atoms with Gasteiger partial charge < -0.3 is 24.2 Å². The minimum absolute atomic E-state index is 0.107. The van der Waals surface area contributed by atoms with Crippen LogP contribution in [0.1, 0.15) is 35.3 Å². The van der Waals surface area contributed by atoms with Gasteiger partial charge in [0, 0.05) is 16.5 Å². The minimum Gasteiger partial charge on any atom is -0.494 e. The average Bonchev–Trinajstić information content (AvgIpc) is 3.18. The van der Waals surface area contributed by atoms with Crippen LogP contribution in [0.25, 0.3) is 10.9 Å². The topological polar surface area (TPSA) is 121 Å². The minimum atomic E-state index is -3.56. The summed E-state index contributed by atoms with van der Waals surface area (Å²) in [4.78, 5) is 18.9. The number of benzene rings is 3. The second-order valence-electron chi connectivity index (χ2n) is 7.59. The molecule has 35 heavy (non-hydrogen) atoms. The lowest BCUT2D eigenvalue weighted by Crippen LogP contribution is -2.11. The summed E-state index contributed by atoms with van der Waals surface area (Å²) in [5.74, 6) is -1.14. The van der Waals surface area contributed by atoms with Crippen molar-refractivity contribution in [3.63, 3.8) is 0 Å². The van der Waals surface area contributed by atoms with E-state index in [0.29, 0.717) is 33.2 Å². The summed E-state index contributed by atoms with van der Waals surface area (Å²) in [6, 6.07) is 20.5. The molecule has 0 spiro atoms. The molecule has 3 N–H and O–H groups in total. The first-order valence-corrected chi connectivity index (χ1v) is 12.6. The Morgan fingerprint density at radius 2 is 1.60 bits per heavy atom. The van der Waals surface area contributed by atoms with E-state index in [4.69, 9.17) is 14.0 Å². The molecule has 0 saturated carbocycles. The molecule has 0 amide bonds. The molecule has 0 saturated heterocycles. The second kappa shape index (κ2) is 10.3. The van der Waals surface area contributed by atoms with Crippen LogP contribution in [-0.4, -0.2) is 40.1 Å². The summed E-state index contributed by atoms with van der Waals surface area (Å²) < 4.78 is 24.4. The molecular weight excluding hydrogens is 467 g/mol. The number of hydrogen-bond donors (Lipinski definition) is 3. The third kappa shape index (κ3) is 5.05. The van der Waals surface area contributed by atoms with Crippen LogP contribution in [0.4, 0.5) is 5.69 Å². The van der Waals surface area contributed by atoms with Crippen molar-refractivity contribution >= 4 is 41.2 Å². The smallest absolute Gasteiger partial charge is 0.361 e. The molecule has 0 fully saturated rings. The summed E-state index contributed by atoms with van der Waals surface area (Å²) in [6.45, 7) is 3.91. The molecule has 8 nitrogen and oxygen atoms in total. The van der Waals surface area contributed by atoms with Crippen molar-refractivity contribution in [2.75, 3.05) is 13.2 Å². The number of carbonyl (C=O) groups is 1. The van der Waals surface area contributed by atoms with Crippen LogP contribution in [0.2, 0.25) is 0 Å². The van der Waals surface area contributed by atoms with Crippen molar-refractivity contribution in [2.24, 2.45) is 4.99 Å². The van der Waals surface area contributed by atoms with Gasteiger partial charge in [-0.2, -0.15) is 0 Å². The fourth-order valence-corrected chi connectivity index (χ4v) is 5.37. The molecule has 0 aliphatic rings. The molecule has 0 atom stereocenters. The van der Waals surface area contributed by atoms with E-state index in [0.717, 1.165) is 5.56 Å². The summed E-state index contributed by atoms with van der Waals surface area (Å²) in [5, 5.41) is 21.1. The van der Waals surface area contributed by atoms with Crippen LogP contribution in [0, 0.1) is 0 Å². The number of aromatic amines is 1. The number of aromatic carboxylic acids is 1. The predicted molar refractivity (Wildman–Crippen MR) is 136 cm³/mol. The number of nitrogens with zero attached hydrogens (tertiary/aromatic N) is 1. The summed E-state index contributed by atoms with van der Waals surface area (Å²) in [5.41, 5.74) is 2.87. The van der Waals surface area contributed by atoms with Crippen LogP contribution in [0.3, 0.4) is 0 Å². The van der Waals surface area contributed by atoms with Gasteiger partial charge in [-0.1, -0.05) is 30.3 Å². The van der Waals surface area contributed by atoms with Crippen LogP contribution < -0.4 is 5.30 Å². The first-order valence-electron chi connectivity index (χ1n) is 11.1. The average molecular weight is 492 g/mol. The summed E-state index contributed by atoms with van der Waals surface area (Å²) in [6.07, 6.45) is 0. The van der Waals surface area contributed by atoms with Gasteiger partial charge in [0.05, 0.1) is 41.0 Å². The highest BCUT2D eigenvalue weighted by Crippen LogP contribution is 2.47. The Hall–Kier alpha value is -3.71. The fraction of sp³-hybridized carbons (Fsp3) is 0.154. The highest BCUT2D eigenvalue weighted by atomic mass is 31.2. The highest BCUT2D eigenvalue weighted by molar-refractivity contribution is 7.62. The van der Waals surface area contributed by atoms with Gasteiger partial charge in [-0.25, -0.2) is 9.79 Å². The number of carboxylic acids is 1. The van der Waals surface area contributed by atoms with E-state index in [1.807, 2.05) is 30.3 Å². The Morgan fingerprint density at radius 3 is 2.20 bits per heavy atom. The van der Waals surface area contributed by atoms with Crippen LogP contribution in [0.5, 0.6) is 5.88 Å². The van der Waals surface area contributed by atoms with Crippen LogP contribution in [0.15, 0.2) is 77.8 Å². The molecule has 1 heterocycles. The fourth-order valence-electron chi connectivity index (χ4n) is 3.77. The van der Waals surface area contributed by atoms with Crippen LogP contribution in [-0.2, 0) is 13.6 Å². The zero-order valence-electron chi connectivity index (χ0n) is 19.3. The van der Waals surface area contributed by atoms with Gasteiger partial charge in [-0.15, -0.1) is 0 Å². The number of hydrogen-bond acceptors (Lipinski definition) is 6. The Labute approximate surface area is 202 Å². The van der Waals surface area contributed by atoms with E-state index in [1.165, 1.54) is 12.1 Å². The predicted octanol–water partition coefficient (Wildman–Crippen LogP) is 5.63. The lowest BCUT2D eigenvalue weighted by Gasteiger charge is -2.17. The quantitative estimate of drug-likeness (QED) is 0.206. The first kappa shape index (κ1) is 24.4. The molecule has 1 aromatic heterocycles. The third-order valence-corrected chi connectivity index (χ3v) is 7.42. The Balaban J connectivity index is 1.93. The van der Waals surface area contributed by atoms with Gasteiger partial charge >= 0.3 is 13.6 Å². The van der Waals surface area contributed by atoms with Crippen LogP contribution >= 0.6 is 7.60 Å². The van der Waals surface area contributed by atoms with Gasteiger partial charge in [-0.3, -0.25) is 4.57 Å². The van der Waals surface area contributed by atoms with Crippen molar-refractivity contribution in [1.82, 2.24) is 4.98 Å². The van der Waals surface area contributed by atoms with E-state index < -0.39 is 13.6 Å². The van der Waals surface area contributed by atoms with Gasteiger partial charge in [0.1, 0.15) is 0 Å². The van der Waals surface area contributed by atoms with Crippen molar-refractivity contribution in [3.8, 4) is 5.88 Å². The Morgan fingerprint density at radius 1 is 0.943 bits per heavy atom. The molecular formula is C26H25N2O6P. The summed E-state index contributed by atoms with van der Waals surface area (Å²) in [7, 11) is -3.56. The maximum absolute atomic E-state index is 13.4. The number of aliphatic imine (C=N–C) groups is 1. The van der Waals surface area contributed by atoms with E-state index in [2.05, 4.69) is 4.98 Å². The number of carboxylic acid groups (broad SMARTS) is 1. The van der Waals surface area contributed by atoms with Crippen molar-refractivity contribution in [3.05, 3.63) is 89.5 Å². The molecule has 0 aliphatic carbocycles. The van der Waals surface area contributed by atoms with E-state index in [9.17, 15) is 19.6 Å². The monoisotopic (exact) mass is 492 g/mol. The summed E-state index contributed by atoms with van der Waals surface area (Å²) >= 11 is 0. The lowest BCUT2D eigenvalue weighted by molar-refractivity contribution is 0.0697. The normalized spacial score (nSPS) is 12.2. The van der Waals surface area contributed by atoms with Crippen molar-refractivity contribution in [2.45, 2.75) is 13.8 Å². The number of fused-ring (bicyclic) bond motifs is 1. The molecule has 3 aromatic carbocycles. The molecule has 0 bridgehead atoms. The molecule has 180 valence electrons. The molecule has 0 unspecified atom stereocenters. The molecule has 9 heteroatoms. The molecule has 0 radical (unpaired) electrons. The van der Waals surface area contributed by atoms with Gasteiger partial charge in [0.15, 0.2) is 5.88 Å². The largest absolute Gasteiger partial charge is 0.494 e. The number of aromatic nitrogens is 1. The number of nitrogens with one attached hydrogen (secondary N) is 1. The van der Waals surface area contributed by atoms with Gasteiger partial charge in [-0.05, 0) is 56.3 Å². The van der Waals surface area contributed by atoms with E-state index in [1.54, 1.807) is 44.2 Å².